The van der Waals surface area contributed by atoms with E-state index in [9.17, 15) is 0 Å². The standard InChI is InChI=1S/C11H25P.ClH/c1-9(2)12(10(3,4)5)11(6,7)8;/h9H,1-8H3;1H. The second-order valence-electron chi connectivity index (χ2n) is 5.81. The van der Waals surface area contributed by atoms with Gasteiger partial charge in [-0.1, -0.05) is 63.3 Å². The Morgan fingerprint density at radius 3 is 1.00 bits per heavy atom. The minimum Gasteiger partial charge on any atom is -0.147 e. The van der Waals surface area contributed by atoms with Crippen LogP contribution in [0.2, 0.25) is 0 Å². The van der Waals surface area contributed by atoms with Gasteiger partial charge in [-0.3, -0.25) is 0 Å². The molecule has 0 spiro atoms. The van der Waals surface area contributed by atoms with Crippen molar-refractivity contribution in [2.75, 3.05) is 0 Å². The number of rotatable bonds is 1. The van der Waals surface area contributed by atoms with E-state index in [4.69, 9.17) is 0 Å². The second kappa shape index (κ2) is 4.99. The van der Waals surface area contributed by atoms with E-state index in [-0.39, 0.29) is 20.3 Å². The summed E-state index contributed by atoms with van der Waals surface area (Å²) in [4.78, 5) is 0. The van der Waals surface area contributed by atoms with E-state index < -0.39 is 0 Å². The molecular weight excluding hydrogens is 199 g/mol. The summed E-state index contributed by atoms with van der Waals surface area (Å²) in [5.41, 5.74) is 0.833. The Kier molecular flexibility index (Phi) is 6.20. The largest absolute Gasteiger partial charge is 0.147 e. The first kappa shape index (κ1) is 16.2. The predicted molar refractivity (Wildman–Crippen MR) is 68.8 cm³/mol. The molecule has 0 saturated carbocycles. The zero-order chi connectivity index (χ0) is 10.2. The fraction of sp³-hybridized carbons (Fsp3) is 1.00. The van der Waals surface area contributed by atoms with Crippen LogP contribution < -0.4 is 0 Å². The fourth-order valence-electron chi connectivity index (χ4n) is 2.56. The van der Waals surface area contributed by atoms with Gasteiger partial charge in [0.05, 0.1) is 0 Å². The molecule has 0 aliphatic heterocycles. The van der Waals surface area contributed by atoms with Gasteiger partial charge in [0.25, 0.3) is 0 Å². The van der Waals surface area contributed by atoms with Crippen LogP contribution in [0, 0.1) is 0 Å². The molecule has 0 atom stereocenters. The molecule has 0 amide bonds. The van der Waals surface area contributed by atoms with E-state index in [0.717, 1.165) is 5.66 Å². The average molecular weight is 225 g/mol. The van der Waals surface area contributed by atoms with Crippen molar-refractivity contribution in [3.05, 3.63) is 0 Å². The first-order chi connectivity index (χ1) is 5.07. The summed E-state index contributed by atoms with van der Waals surface area (Å²) in [5, 5.41) is 0.976. The second-order valence-corrected chi connectivity index (χ2v) is 10.3. The molecule has 0 aromatic carbocycles. The van der Waals surface area contributed by atoms with Gasteiger partial charge in [0.1, 0.15) is 0 Å². The van der Waals surface area contributed by atoms with Crippen LogP contribution in [0.5, 0.6) is 0 Å². The van der Waals surface area contributed by atoms with Crippen molar-refractivity contribution in [2.24, 2.45) is 0 Å². The van der Waals surface area contributed by atoms with Crippen molar-refractivity contribution < 1.29 is 0 Å². The minimum absolute atomic E-state index is 0. The Labute approximate surface area is 92.0 Å². The molecule has 0 aliphatic rings. The molecule has 0 aliphatic carbocycles. The molecule has 0 N–H and O–H groups in total. The maximum Gasteiger partial charge on any atom is -0.0172 e. The molecule has 0 aromatic heterocycles. The van der Waals surface area contributed by atoms with Gasteiger partial charge >= 0.3 is 0 Å². The SMILES string of the molecule is CC(C)P(C(C)(C)C)C(C)(C)C.Cl. The lowest BCUT2D eigenvalue weighted by atomic mass is 10.2. The van der Waals surface area contributed by atoms with Crippen LogP contribution >= 0.6 is 20.3 Å². The van der Waals surface area contributed by atoms with Crippen LogP contribution in [0.25, 0.3) is 0 Å². The summed E-state index contributed by atoms with van der Waals surface area (Å²) in [6.07, 6.45) is 0. The Hall–Kier alpha value is 0.720. The van der Waals surface area contributed by atoms with Crippen LogP contribution in [0.1, 0.15) is 55.4 Å². The van der Waals surface area contributed by atoms with Crippen LogP contribution in [0.3, 0.4) is 0 Å². The lowest BCUT2D eigenvalue weighted by molar-refractivity contribution is 0.691. The van der Waals surface area contributed by atoms with Crippen molar-refractivity contribution in [2.45, 2.75) is 71.4 Å². The van der Waals surface area contributed by atoms with Crippen molar-refractivity contribution in [1.29, 1.82) is 0 Å². The maximum absolute atomic E-state index is 2.38. The molecule has 0 heterocycles. The first-order valence-corrected chi connectivity index (χ1v) is 6.27. The van der Waals surface area contributed by atoms with E-state index >= 15 is 0 Å². The van der Waals surface area contributed by atoms with Gasteiger partial charge in [-0.05, 0) is 16.0 Å². The van der Waals surface area contributed by atoms with E-state index in [2.05, 4.69) is 55.4 Å². The van der Waals surface area contributed by atoms with E-state index in [1.807, 2.05) is 0 Å². The van der Waals surface area contributed by atoms with Crippen LogP contribution in [0.15, 0.2) is 0 Å². The summed E-state index contributed by atoms with van der Waals surface area (Å²) in [6, 6.07) is 0. The Bertz CT molecular complexity index is 125. The summed E-state index contributed by atoms with van der Waals surface area (Å²) in [5.74, 6) is 0. The Morgan fingerprint density at radius 2 is 1.00 bits per heavy atom. The Morgan fingerprint density at radius 1 is 0.769 bits per heavy atom. The average Bonchev–Trinajstić information content (AvgIpc) is 1.49. The van der Waals surface area contributed by atoms with E-state index in [1.54, 1.807) is 0 Å². The van der Waals surface area contributed by atoms with Crippen LogP contribution in [-0.2, 0) is 0 Å². The maximum atomic E-state index is 2.38. The molecule has 0 saturated heterocycles. The minimum atomic E-state index is 0. The highest BCUT2D eigenvalue weighted by Crippen LogP contribution is 2.62. The number of hydrogen-bond donors (Lipinski definition) is 0. The molecular formula is C11H26ClP. The summed E-state index contributed by atoms with van der Waals surface area (Å²) in [6.45, 7) is 19.0. The van der Waals surface area contributed by atoms with Gasteiger partial charge in [0.2, 0.25) is 0 Å². The molecule has 0 nitrogen and oxygen atoms in total. The smallest absolute Gasteiger partial charge is 0.0172 e. The van der Waals surface area contributed by atoms with Gasteiger partial charge in [-0.25, -0.2) is 0 Å². The van der Waals surface area contributed by atoms with E-state index in [0.29, 0.717) is 10.3 Å². The summed E-state index contributed by atoms with van der Waals surface area (Å²) in [7, 11) is 0.0983. The fourth-order valence-corrected chi connectivity index (χ4v) is 7.67. The van der Waals surface area contributed by atoms with Crippen LogP contribution in [0.4, 0.5) is 0 Å². The van der Waals surface area contributed by atoms with E-state index in [1.165, 1.54) is 0 Å². The van der Waals surface area contributed by atoms with Crippen molar-refractivity contribution in [1.82, 2.24) is 0 Å². The molecule has 0 rings (SSSR count). The number of hydrogen-bond acceptors (Lipinski definition) is 0. The molecule has 0 radical (unpaired) electrons. The molecule has 0 fully saturated rings. The third kappa shape index (κ3) is 5.23. The predicted octanol–water partition coefficient (Wildman–Crippen LogP) is 4.90. The zero-order valence-corrected chi connectivity index (χ0v) is 12.1. The van der Waals surface area contributed by atoms with Gasteiger partial charge in [-0.15, -0.1) is 12.4 Å². The van der Waals surface area contributed by atoms with Crippen molar-refractivity contribution in [3.63, 3.8) is 0 Å². The third-order valence-electron chi connectivity index (χ3n) is 1.96. The molecule has 13 heavy (non-hydrogen) atoms. The van der Waals surface area contributed by atoms with Crippen molar-refractivity contribution >= 4 is 20.3 Å². The van der Waals surface area contributed by atoms with Gasteiger partial charge in [0, 0.05) is 0 Å². The summed E-state index contributed by atoms with van der Waals surface area (Å²) < 4.78 is 0. The molecule has 0 aromatic rings. The van der Waals surface area contributed by atoms with Gasteiger partial charge in [0.15, 0.2) is 0 Å². The third-order valence-corrected chi connectivity index (χ3v) is 5.89. The normalized spacial score (nSPS) is 13.4. The molecule has 0 unspecified atom stereocenters. The number of halogens is 1. The lowest BCUT2D eigenvalue weighted by Gasteiger charge is -2.44. The topological polar surface area (TPSA) is 0 Å². The summed E-state index contributed by atoms with van der Waals surface area (Å²) >= 11 is 0. The molecule has 2 heteroatoms. The van der Waals surface area contributed by atoms with Gasteiger partial charge < -0.3 is 0 Å². The van der Waals surface area contributed by atoms with Gasteiger partial charge in [-0.2, -0.15) is 0 Å². The molecule has 82 valence electrons. The highest BCUT2D eigenvalue weighted by Gasteiger charge is 2.35. The highest BCUT2D eigenvalue weighted by molar-refractivity contribution is 7.61. The monoisotopic (exact) mass is 224 g/mol. The molecule has 0 bridgehead atoms. The lowest BCUT2D eigenvalue weighted by Crippen LogP contribution is -2.29. The highest BCUT2D eigenvalue weighted by atomic mass is 35.5. The first-order valence-electron chi connectivity index (χ1n) is 4.86. The Balaban J connectivity index is 0. The zero-order valence-electron chi connectivity index (χ0n) is 10.4. The van der Waals surface area contributed by atoms with Crippen molar-refractivity contribution in [3.8, 4) is 0 Å². The quantitative estimate of drug-likeness (QED) is 0.556. The van der Waals surface area contributed by atoms with Crippen LogP contribution in [-0.4, -0.2) is 16.0 Å².